The molecule has 0 atom stereocenters. The van der Waals surface area contributed by atoms with Gasteiger partial charge in [0.25, 0.3) is 0 Å². The molecular formula is C14H17BrN2O3S. The normalized spacial score (nSPS) is 12.0. The summed E-state index contributed by atoms with van der Waals surface area (Å²) in [6, 6.07) is 8.71. The van der Waals surface area contributed by atoms with E-state index in [2.05, 4.69) is 21.2 Å². The molecule has 1 aromatic heterocycles. The molecule has 0 unspecified atom stereocenters. The van der Waals surface area contributed by atoms with Gasteiger partial charge in [0.15, 0.2) is 0 Å². The number of halogens is 1. The summed E-state index contributed by atoms with van der Waals surface area (Å²) < 4.78 is 32.2. The number of rotatable bonds is 6. The molecule has 2 aromatic rings. The van der Waals surface area contributed by atoms with Crippen molar-refractivity contribution in [3.8, 4) is 0 Å². The Balaban J connectivity index is 2.26. The summed E-state index contributed by atoms with van der Waals surface area (Å²) in [6.45, 7) is 0.876. The molecule has 0 saturated heterocycles. The number of hydrogen-bond donors (Lipinski definition) is 1. The molecule has 7 heteroatoms. The lowest BCUT2D eigenvalue weighted by Crippen LogP contribution is -2.26. The Bertz CT molecular complexity index is 699. The first kappa shape index (κ1) is 16.2. The number of furan rings is 1. The summed E-state index contributed by atoms with van der Waals surface area (Å²) in [5.74, 6) is 0.601. The van der Waals surface area contributed by atoms with Gasteiger partial charge in [0, 0.05) is 18.1 Å². The van der Waals surface area contributed by atoms with Gasteiger partial charge in [-0.2, -0.15) is 4.31 Å². The Hall–Kier alpha value is -1.15. The standard InChI is InChI=1S/C14H17BrN2O3S/c1-16-9-11-5-6-14(13(15)8-11)21(18,19)17(2)10-12-4-3-7-20-12/h3-8,16H,9-10H2,1-2H3. The van der Waals surface area contributed by atoms with Crippen LogP contribution in [0, 0.1) is 0 Å². The van der Waals surface area contributed by atoms with E-state index >= 15 is 0 Å². The smallest absolute Gasteiger partial charge is 0.244 e. The predicted molar refractivity (Wildman–Crippen MR) is 84.3 cm³/mol. The fourth-order valence-electron chi connectivity index (χ4n) is 1.94. The van der Waals surface area contributed by atoms with Crippen molar-refractivity contribution in [2.75, 3.05) is 14.1 Å². The van der Waals surface area contributed by atoms with Crippen molar-refractivity contribution in [2.45, 2.75) is 18.0 Å². The first-order valence-corrected chi connectivity index (χ1v) is 8.60. The molecule has 0 bridgehead atoms. The number of benzene rings is 1. The van der Waals surface area contributed by atoms with Gasteiger partial charge in [0.05, 0.1) is 17.7 Å². The van der Waals surface area contributed by atoms with E-state index in [1.54, 1.807) is 24.3 Å². The molecule has 0 spiro atoms. The molecule has 0 aliphatic carbocycles. The monoisotopic (exact) mass is 372 g/mol. The largest absolute Gasteiger partial charge is 0.468 e. The van der Waals surface area contributed by atoms with Crippen molar-refractivity contribution in [1.29, 1.82) is 0 Å². The van der Waals surface area contributed by atoms with Crippen molar-refractivity contribution in [3.63, 3.8) is 0 Å². The minimum Gasteiger partial charge on any atom is -0.468 e. The Morgan fingerprint density at radius 2 is 2.10 bits per heavy atom. The maximum Gasteiger partial charge on any atom is 0.244 e. The molecule has 1 heterocycles. The fourth-order valence-corrected chi connectivity index (χ4v) is 4.16. The number of hydrogen-bond acceptors (Lipinski definition) is 4. The lowest BCUT2D eigenvalue weighted by Gasteiger charge is -2.17. The first-order valence-electron chi connectivity index (χ1n) is 6.37. The van der Waals surface area contributed by atoms with E-state index in [9.17, 15) is 8.42 Å². The summed E-state index contributed by atoms with van der Waals surface area (Å²) in [4.78, 5) is 0.247. The van der Waals surface area contributed by atoms with Gasteiger partial charge < -0.3 is 9.73 Å². The van der Waals surface area contributed by atoms with Gasteiger partial charge in [-0.15, -0.1) is 0 Å². The van der Waals surface area contributed by atoms with E-state index in [0.29, 0.717) is 16.8 Å². The summed E-state index contributed by atoms with van der Waals surface area (Å²) >= 11 is 3.34. The van der Waals surface area contributed by atoms with E-state index in [-0.39, 0.29) is 11.4 Å². The second kappa shape index (κ2) is 6.74. The van der Waals surface area contributed by atoms with Crippen LogP contribution in [0.15, 0.2) is 50.4 Å². The van der Waals surface area contributed by atoms with Crippen molar-refractivity contribution >= 4 is 26.0 Å². The molecule has 0 aliphatic heterocycles. The number of nitrogens with zero attached hydrogens (tertiary/aromatic N) is 1. The zero-order valence-electron chi connectivity index (χ0n) is 11.8. The second-order valence-electron chi connectivity index (χ2n) is 4.64. The third kappa shape index (κ3) is 3.74. The summed E-state index contributed by atoms with van der Waals surface area (Å²) in [7, 11) is -0.195. The van der Waals surface area contributed by atoms with Gasteiger partial charge in [0.1, 0.15) is 5.76 Å². The van der Waals surface area contributed by atoms with E-state index in [1.807, 2.05) is 13.1 Å². The van der Waals surface area contributed by atoms with Crippen LogP contribution in [0.1, 0.15) is 11.3 Å². The van der Waals surface area contributed by atoms with Gasteiger partial charge in [-0.25, -0.2) is 8.42 Å². The minimum absolute atomic E-state index is 0.194. The maximum absolute atomic E-state index is 12.6. The zero-order chi connectivity index (χ0) is 15.5. The molecule has 0 saturated carbocycles. The van der Waals surface area contributed by atoms with Crippen LogP contribution in [0.3, 0.4) is 0 Å². The lowest BCUT2D eigenvalue weighted by atomic mass is 10.2. The zero-order valence-corrected chi connectivity index (χ0v) is 14.2. The van der Waals surface area contributed by atoms with Crippen molar-refractivity contribution < 1.29 is 12.8 Å². The highest BCUT2D eigenvalue weighted by Gasteiger charge is 2.24. The average molecular weight is 373 g/mol. The Morgan fingerprint density at radius 3 is 2.67 bits per heavy atom. The summed E-state index contributed by atoms with van der Waals surface area (Å²) in [5, 5.41) is 3.03. The van der Waals surface area contributed by atoms with Crippen LogP contribution in [0.5, 0.6) is 0 Å². The fraction of sp³-hybridized carbons (Fsp3) is 0.286. The Labute approximate surface area is 133 Å². The molecule has 1 N–H and O–H groups in total. The van der Waals surface area contributed by atoms with Gasteiger partial charge in [-0.1, -0.05) is 6.07 Å². The Kier molecular flexibility index (Phi) is 5.21. The molecule has 1 aromatic carbocycles. The van der Waals surface area contributed by atoms with Gasteiger partial charge >= 0.3 is 0 Å². The highest BCUT2D eigenvalue weighted by atomic mass is 79.9. The van der Waals surface area contributed by atoms with E-state index in [0.717, 1.165) is 5.56 Å². The highest BCUT2D eigenvalue weighted by molar-refractivity contribution is 9.10. The van der Waals surface area contributed by atoms with Gasteiger partial charge in [0.2, 0.25) is 10.0 Å². The second-order valence-corrected chi connectivity index (χ2v) is 7.50. The Morgan fingerprint density at radius 1 is 1.33 bits per heavy atom. The molecule has 5 nitrogen and oxygen atoms in total. The van der Waals surface area contributed by atoms with Crippen LogP contribution in [0.2, 0.25) is 0 Å². The van der Waals surface area contributed by atoms with Crippen LogP contribution in [0.4, 0.5) is 0 Å². The molecule has 0 radical (unpaired) electrons. The SMILES string of the molecule is CNCc1ccc(S(=O)(=O)N(C)Cc2ccco2)c(Br)c1. The first-order chi connectivity index (χ1) is 9.95. The quantitative estimate of drug-likeness (QED) is 0.846. The van der Waals surface area contributed by atoms with Crippen molar-refractivity contribution in [1.82, 2.24) is 9.62 Å². The lowest BCUT2D eigenvalue weighted by molar-refractivity contribution is 0.406. The summed E-state index contributed by atoms with van der Waals surface area (Å²) in [5.41, 5.74) is 1.01. The van der Waals surface area contributed by atoms with E-state index < -0.39 is 10.0 Å². The number of sulfonamides is 1. The van der Waals surface area contributed by atoms with E-state index in [1.165, 1.54) is 17.6 Å². The molecule has 21 heavy (non-hydrogen) atoms. The van der Waals surface area contributed by atoms with Crippen LogP contribution < -0.4 is 5.32 Å². The third-order valence-corrected chi connectivity index (χ3v) is 5.80. The van der Waals surface area contributed by atoms with Crippen molar-refractivity contribution in [3.05, 3.63) is 52.4 Å². The average Bonchev–Trinajstić information content (AvgIpc) is 2.91. The van der Waals surface area contributed by atoms with Gasteiger partial charge in [-0.05, 0) is 52.8 Å². The van der Waals surface area contributed by atoms with Crippen LogP contribution in [-0.4, -0.2) is 26.8 Å². The molecule has 0 aliphatic rings. The summed E-state index contributed by atoms with van der Waals surface area (Å²) in [6.07, 6.45) is 1.53. The highest BCUT2D eigenvalue weighted by Crippen LogP contribution is 2.26. The maximum atomic E-state index is 12.6. The molecule has 0 amide bonds. The molecule has 2 rings (SSSR count). The van der Waals surface area contributed by atoms with Crippen LogP contribution >= 0.6 is 15.9 Å². The van der Waals surface area contributed by atoms with Crippen LogP contribution in [0.25, 0.3) is 0 Å². The van der Waals surface area contributed by atoms with Crippen molar-refractivity contribution in [2.24, 2.45) is 0 Å². The minimum atomic E-state index is -3.57. The van der Waals surface area contributed by atoms with Crippen LogP contribution in [-0.2, 0) is 23.1 Å². The molecular weight excluding hydrogens is 356 g/mol. The molecule has 0 fully saturated rings. The third-order valence-electron chi connectivity index (χ3n) is 3.02. The number of nitrogens with one attached hydrogen (secondary N) is 1. The molecule has 114 valence electrons. The predicted octanol–water partition coefficient (Wildman–Crippen LogP) is 2.58. The van der Waals surface area contributed by atoms with E-state index in [4.69, 9.17) is 4.42 Å². The topological polar surface area (TPSA) is 62.6 Å². The van der Waals surface area contributed by atoms with Gasteiger partial charge in [-0.3, -0.25) is 0 Å².